The van der Waals surface area contributed by atoms with Gasteiger partial charge in [-0.3, -0.25) is 14.5 Å². The van der Waals surface area contributed by atoms with Crippen molar-refractivity contribution in [1.29, 1.82) is 0 Å². The van der Waals surface area contributed by atoms with Crippen molar-refractivity contribution in [2.24, 2.45) is 17.6 Å². The number of carboxylic acids is 1. The van der Waals surface area contributed by atoms with E-state index in [0.29, 0.717) is 38.5 Å². The molecule has 122 valence electrons. The van der Waals surface area contributed by atoms with Gasteiger partial charge in [0.2, 0.25) is 5.91 Å². The third kappa shape index (κ3) is 6.91. The fraction of sp³-hybridized carbons (Fsp3) is 0.867. The average Bonchev–Trinajstić information content (AvgIpc) is 2.44. The Bertz CT molecular complexity index is 339. The molecule has 1 rings (SSSR count). The summed E-state index contributed by atoms with van der Waals surface area (Å²) >= 11 is 0. The Labute approximate surface area is 127 Å². The fourth-order valence-electron chi connectivity index (χ4n) is 2.78. The number of piperazine rings is 1. The molecule has 1 saturated heterocycles. The molecule has 1 aliphatic heterocycles. The van der Waals surface area contributed by atoms with Gasteiger partial charge in [0.15, 0.2) is 0 Å². The highest BCUT2D eigenvalue weighted by atomic mass is 16.4. The molecular weight excluding hydrogens is 270 g/mol. The van der Waals surface area contributed by atoms with Crippen LogP contribution in [0.25, 0.3) is 0 Å². The first-order valence-electron chi connectivity index (χ1n) is 7.84. The van der Waals surface area contributed by atoms with Crippen molar-refractivity contribution in [1.82, 2.24) is 9.80 Å². The van der Waals surface area contributed by atoms with Crippen molar-refractivity contribution in [3.63, 3.8) is 0 Å². The number of nitrogens with two attached hydrogens (primary N) is 1. The summed E-state index contributed by atoms with van der Waals surface area (Å²) in [5.41, 5.74) is 5.75. The molecule has 1 amide bonds. The zero-order chi connectivity index (χ0) is 15.8. The van der Waals surface area contributed by atoms with Gasteiger partial charge < -0.3 is 15.7 Å². The van der Waals surface area contributed by atoms with Gasteiger partial charge in [-0.1, -0.05) is 13.8 Å². The number of nitrogens with zero attached hydrogens (tertiary/aromatic N) is 2. The summed E-state index contributed by atoms with van der Waals surface area (Å²) in [5, 5.41) is 8.68. The molecular formula is C15H29N3O3. The number of carbonyl (C=O) groups is 2. The van der Waals surface area contributed by atoms with Gasteiger partial charge in [0.25, 0.3) is 0 Å². The standard InChI is InChI=1S/C15H29N3O3/c1-12(2)9-13(11-16)10-14(19)18-7-5-17(6-8-18)4-3-15(20)21/h12-13H,3-11,16H2,1-2H3,(H,20,21). The van der Waals surface area contributed by atoms with Crippen LogP contribution in [0.1, 0.15) is 33.1 Å². The number of amides is 1. The molecule has 0 aliphatic carbocycles. The highest BCUT2D eigenvalue weighted by Gasteiger charge is 2.23. The summed E-state index contributed by atoms with van der Waals surface area (Å²) in [7, 11) is 0. The molecule has 0 aromatic rings. The van der Waals surface area contributed by atoms with Crippen LogP contribution in [-0.4, -0.2) is 66.1 Å². The highest BCUT2D eigenvalue weighted by Crippen LogP contribution is 2.16. The summed E-state index contributed by atoms with van der Waals surface area (Å²) in [6, 6.07) is 0. The van der Waals surface area contributed by atoms with E-state index in [1.807, 2.05) is 4.90 Å². The molecule has 1 heterocycles. The first kappa shape index (κ1) is 17.9. The minimum Gasteiger partial charge on any atom is -0.481 e. The van der Waals surface area contributed by atoms with Gasteiger partial charge >= 0.3 is 5.97 Å². The van der Waals surface area contributed by atoms with E-state index in [4.69, 9.17) is 10.8 Å². The predicted octanol–water partition coefficient (Wildman–Crippen LogP) is 0.616. The van der Waals surface area contributed by atoms with Crippen LogP contribution in [0, 0.1) is 11.8 Å². The molecule has 21 heavy (non-hydrogen) atoms. The van der Waals surface area contributed by atoms with E-state index in [9.17, 15) is 9.59 Å². The molecule has 0 spiro atoms. The van der Waals surface area contributed by atoms with Crippen LogP contribution >= 0.6 is 0 Å². The van der Waals surface area contributed by atoms with Crippen LogP contribution in [-0.2, 0) is 9.59 Å². The second kappa shape index (κ2) is 9.00. The molecule has 1 atom stereocenters. The Kier molecular flexibility index (Phi) is 7.67. The van der Waals surface area contributed by atoms with Crippen LogP contribution in [0.3, 0.4) is 0 Å². The van der Waals surface area contributed by atoms with Gasteiger partial charge in [-0.15, -0.1) is 0 Å². The van der Waals surface area contributed by atoms with Crippen molar-refractivity contribution in [2.45, 2.75) is 33.1 Å². The topological polar surface area (TPSA) is 86.9 Å². The van der Waals surface area contributed by atoms with Gasteiger partial charge in [-0.2, -0.15) is 0 Å². The number of aliphatic carboxylic acids is 1. The van der Waals surface area contributed by atoms with Crippen LogP contribution in [0.2, 0.25) is 0 Å². The van der Waals surface area contributed by atoms with E-state index >= 15 is 0 Å². The monoisotopic (exact) mass is 299 g/mol. The number of carboxylic acid groups (broad SMARTS) is 1. The summed E-state index contributed by atoms with van der Waals surface area (Å²) in [6.07, 6.45) is 1.68. The van der Waals surface area contributed by atoms with Crippen LogP contribution < -0.4 is 5.73 Å². The summed E-state index contributed by atoms with van der Waals surface area (Å²) in [4.78, 5) is 26.8. The molecule has 0 bridgehead atoms. The highest BCUT2D eigenvalue weighted by molar-refractivity contribution is 5.76. The number of carbonyl (C=O) groups excluding carboxylic acids is 1. The molecule has 6 heteroatoms. The zero-order valence-corrected chi connectivity index (χ0v) is 13.3. The van der Waals surface area contributed by atoms with Gasteiger partial charge in [-0.05, 0) is 24.8 Å². The Morgan fingerprint density at radius 2 is 1.81 bits per heavy atom. The van der Waals surface area contributed by atoms with E-state index in [1.54, 1.807) is 0 Å². The van der Waals surface area contributed by atoms with E-state index in [2.05, 4.69) is 18.7 Å². The maximum atomic E-state index is 12.3. The fourth-order valence-corrected chi connectivity index (χ4v) is 2.78. The minimum atomic E-state index is -0.770. The molecule has 1 fully saturated rings. The molecule has 0 saturated carbocycles. The maximum absolute atomic E-state index is 12.3. The molecule has 0 aromatic heterocycles. The third-order valence-electron chi connectivity index (χ3n) is 3.97. The second-order valence-electron chi connectivity index (χ2n) is 6.30. The SMILES string of the molecule is CC(C)CC(CN)CC(=O)N1CCN(CCC(=O)O)CC1. The van der Waals surface area contributed by atoms with Crippen molar-refractivity contribution in [2.75, 3.05) is 39.3 Å². The lowest BCUT2D eigenvalue weighted by Gasteiger charge is -2.35. The van der Waals surface area contributed by atoms with Crippen LogP contribution in [0.5, 0.6) is 0 Å². The van der Waals surface area contributed by atoms with E-state index in [0.717, 1.165) is 19.5 Å². The molecule has 3 N–H and O–H groups in total. The van der Waals surface area contributed by atoms with Gasteiger partial charge in [0.1, 0.15) is 0 Å². The third-order valence-corrected chi connectivity index (χ3v) is 3.97. The Balaban J connectivity index is 2.32. The molecule has 1 unspecified atom stereocenters. The van der Waals surface area contributed by atoms with Crippen LogP contribution in [0.4, 0.5) is 0 Å². The number of rotatable bonds is 8. The van der Waals surface area contributed by atoms with Gasteiger partial charge in [0, 0.05) is 39.1 Å². The van der Waals surface area contributed by atoms with E-state index in [1.165, 1.54) is 0 Å². The first-order chi connectivity index (χ1) is 9.92. The largest absolute Gasteiger partial charge is 0.481 e. The van der Waals surface area contributed by atoms with E-state index in [-0.39, 0.29) is 18.2 Å². The minimum absolute atomic E-state index is 0.164. The van der Waals surface area contributed by atoms with Crippen molar-refractivity contribution in [3.05, 3.63) is 0 Å². The summed E-state index contributed by atoms with van der Waals surface area (Å²) in [5.74, 6) is 0.235. The quantitative estimate of drug-likeness (QED) is 0.686. The maximum Gasteiger partial charge on any atom is 0.304 e. The average molecular weight is 299 g/mol. The van der Waals surface area contributed by atoms with Gasteiger partial charge in [0.05, 0.1) is 6.42 Å². The predicted molar refractivity (Wildman–Crippen MR) is 81.9 cm³/mol. The first-order valence-corrected chi connectivity index (χ1v) is 7.84. The summed E-state index contributed by atoms with van der Waals surface area (Å²) in [6.45, 7) is 8.32. The lowest BCUT2D eigenvalue weighted by Crippen LogP contribution is -2.49. The van der Waals surface area contributed by atoms with Crippen molar-refractivity contribution in [3.8, 4) is 0 Å². The second-order valence-corrected chi connectivity index (χ2v) is 6.30. The number of hydrogen-bond acceptors (Lipinski definition) is 4. The molecule has 1 aliphatic rings. The Hall–Kier alpha value is -1.14. The lowest BCUT2D eigenvalue weighted by atomic mass is 9.93. The lowest BCUT2D eigenvalue weighted by molar-refractivity contribution is -0.138. The van der Waals surface area contributed by atoms with Gasteiger partial charge in [-0.25, -0.2) is 0 Å². The Morgan fingerprint density at radius 1 is 1.19 bits per heavy atom. The van der Waals surface area contributed by atoms with Crippen molar-refractivity contribution >= 4 is 11.9 Å². The molecule has 6 nitrogen and oxygen atoms in total. The molecule has 0 aromatic carbocycles. The number of hydrogen-bond donors (Lipinski definition) is 2. The summed E-state index contributed by atoms with van der Waals surface area (Å²) < 4.78 is 0. The smallest absolute Gasteiger partial charge is 0.304 e. The van der Waals surface area contributed by atoms with Crippen LogP contribution in [0.15, 0.2) is 0 Å². The van der Waals surface area contributed by atoms with Crippen molar-refractivity contribution < 1.29 is 14.7 Å². The Morgan fingerprint density at radius 3 is 2.29 bits per heavy atom. The normalized spacial score (nSPS) is 18.0. The zero-order valence-electron chi connectivity index (χ0n) is 13.3. The molecule has 0 radical (unpaired) electrons. The van der Waals surface area contributed by atoms with E-state index < -0.39 is 5.97 Å².